The minimum absolute atomic E-state index is 0.194. The van der Waals surface area contributed by atoms with E-state index in [4.69, 9.17) is 4.74 Å². The number of benzene rings is 1. The summed E-state index contributed by atoms with van der Waals surface area (Å²) in [7, 11) is 0. The van der Waals surface area contributed by atoms with E-state index in [0.29, 0.717) is 13.2 Å². The Morgan fingerprint density at radius 3 is 3.00 bits per heavy atom. The van der Waals surface area contributed by atoms with Crippen LogP contribution in [0.4, 0.5) is 4.79 Å². The lowest BCUT2D eigenvalue weighted by Gasteiger charge is -2.33. The molecule has 0 bridgehead atoms. The zero-order valence-electron chi connectivity index (χ0n) is 11.9. The van der Waals surface area contributed by atoms with Crippen LogP contribution in [0.5, 0.6) is 0 Å². The van der Waals surface area contributed by atoms with Crippen LogP contribution in [-0.2, 0) is 11.3 Å². The van der Waals surface area contributed by atoms with E-state index in [0.717, 1.165) is 18.7 Å². The van der Waals surface area contributed by atoms with Gasteiger partial charge in [0, 0.05) is 25.7 Å². The lowest BCUT2D eigenvalue weighted by molar-refractivity contribution is 0.0758. The second-order valence-electron chi connectivity index (χ2n) is 5.16. The van der Waals surface area contributed by atoms with Crippen molar-refractivity contribution in [2.75, 3.05) is 19.6 Å². The van der Waals surface area contributed by atoms with Gasteiger partial charge in [-0.25, -0.2) is 4.79 Å². The molecule has 2 rings (SSSR count). The standard InChI is InChI=1S/C15H22N2O2/c1-11-5-4-6-14(13(11)3)10-19-15(18)17-8-7-16-9-12(17)2/h4-6,12,16H,7-10H2,1-3H3. The van der Waals surface area contributed by atoms with Gasteiger partial charge in [-0.1, -0.05) is 18.2 Å². The normalized spacial score (nSPS) is 19.3. The number of hydrogen-bond acceptors (Lipinski definition) is 3. The average Bonchev–Trinajstić information content (AvgIpc) is 2.40. The molecular weight excluding hydrogens is 240 g/mol. The van der Waals surface area contributed by atoms with E-state index in [-0.39, 0.29) is 12.1 Å². The summed E-state index contributed by atoms with van der Waals surface area (Å²) < 4.78 is 5.43. The molecule has 4 heteroatoms. The highest BCUT2D eigenvalue weighted by Crippen LogP contribution is 2.14. The quantitative estimate of drug-likeness (QED) is 0.888. The lowest BCUT2D eigenvalue weighted by atomic mass is 10.0. The second-order valence-corrected chi connectivity index (χ2v) is 5.16. The summed E-state index contributed by atoms with van der Waals surface area (Å²) in [5.41, 5.74) is 3.50. The molecule has 0 saturated carbocycles. The van der Waals surface area contributed by atoms with Gasteiger partial charge in [-0.05, 0) is 37.5 Å². The van der Waals surface area contributed by atoms with E-state index in [1.807, 2.05) is 19.1 Å². The summed E-state index contributed by atoms with van der Waals surface area (Å²) in [6.45, 7) is 8.90. The van der Waals surface area contributed by atoms with Crippen LogP contribution >= 0.6 is 0 Å². The molecule has 1 aliphatic heterocycles. The van der Waals surface area contributed by atoms with Crippen LogP contribution in [0.25, 0.3) is 0 Å². The minimum atomic E-state index is -0.213. The van der Waals surface area contributed by atoms with Crippen LogP contribution in [0.3, 0.4) is 0 Å². The van der Waals surface area contributed by atoms with Crippen molar-refractivity contribution in [1.82, 2.24) is 10.2 Å². The molecule has 1 atom stereocenters. The van der Waals surface area contributed by atoms with E-state index in [1.54, 1.807) is 4.90 Å². The van der Waals surface area contributed by atoms with E-state index >= 15 is 0 Å². The van der Waals surface area contributed by atoms with Crippen molar-refractivity contribution in [3.05, 3.63) is 34.9 Å². The number of hydrogen-bond donors (Lipinski definition) is 1. The Balaban J connectivity index is 1.94. The fourth-order valence-corrected chi connectivity index (χ4v) is 2.30. The smallest absolute Gasteiger partial charge is 0.410 e. The van der Waals surface area contributed by atoms with Crippen molar-refractivity contribution in [2.24, 2.45) is 0 Å². The van der Waals surface area contributed by atoms with E-state index in [2.05, 4.69) is 25.2 Å². The maximum absolute atomic E-state index is 12.1. The third-order valence-electron chi connectivity index (χ3n) is 3.80. The topological polar surface area (TPSA) is 41.6 Å². The van der Waals surface area contributed by atoms with E-state index < -0.39 is 0 Å². The van der Waals surface area contributed by atoms with Crippen LogP contribution in [-0.4, -0.2) is 36.7 Å². The minimum Gasteiger partial charge on any atom is -0.445 e. The summed E-state index contributed by atoms with van der Waals surface area (Å²) in [4.78, 5) is 13.8. The van der Waals surface area contributed by atoms with Crippen molar-refractivity contribution in [3.63, 3.8) is 0 Å². The molecule has 4 nitrogen and oxygen atoms in total. The highest BCUT2D eigenvalue weighted by Gasteiger charge is 2.24. The van der Waals surface area contributed by atoms with E-state index in [9.17, 15) is 4.79 Å². The number of amides is 1. The van der Waals surface area contributed by atoms with Crippen LogP contribution in [0.1, 0.15) is 23.6 Å². The van der Waals surface area contributed by atoms with Gasteiger partial charge in [-0.2, -0.15) is 0 Å². The van der Waals surface area contributed by atoms with E-state index in [1.165, 1.54) is 11.1 Å². The Kier molecular flexibility index (Phi) is 4.43. The first-order chi connectivity index (χ1) is 9.09. The summed E-state index contributed by atoms with van der Waals surface area (Å²) >= 11 is 0. The summed E-state index contributed by atoms with van der Waals surface area (Å²) in [5.74, 6) is 0. The molecule has 1 heterocycles. The van der Waals surface area contributed by atoms with Gasteiger partial charge < -0.3 is 15.0 Å². The molecule has 1 fully saturated rings. The van der Waals surface area contributed by atoms with Gasteiger partial charge in [-0.3, -0.25) is 0 Å². The first kappa shape index (κ1) is 13.9. The van der Waals surface area contributed by atoms with Gasteiger partial charge in [-0.15, -0.1) is 0 Å². The number of aryl methyl sites for hydroxylation is 1. The molecule has 0 aliphatic carbocycles. The fraction of sp³-hybridized carbons (Fsp3) is 0.533. The molecular formula is C15H22N2O2. The first-order valence-electron chi connectivity index (χ1n) is 6.79. The molecule has 0 spiro atoms. The second kappa shape index (κ2) is 6.06. The molecule has 1 N–H and O–H groups in total. The van der Waals surface area contributed by atoms with Crippen molar-refractivity contribution in [1.29, 1.82) is 0 Å². The third-order valence-corrected chi connectivity index (χ3v) is 3.80. The van der Waals surface area contributed by atoms with Gasteiger partial charge in [0.05, 0.1) is 0 Å². The lowest BCUT2D eigenvalue weighted by Crippen LogP contribution is -2.52. The van der Waals surface area contributed by atoms with Gasteiger partial charge >= 0.3 is 6.09 Å². The number of piperazine rings is 1. The molecule has 1 aromatic carbocycles. The Labute approximate surface area is 114 Å². The SMILES string of the molecule is Cc1cccc(COC(=O)N2CCNCC2C)c1C. The van der Waals surface area contributed by atoms with Gasteiger partial charge in [0.25, 0.3) is 0 Å². The molecule has 0 aromatic heterocycles. The fourth-order valence-electron chi connectivity index (χ4n) is 2.30. The molecule has 0 radical (unpaired) electrons. The first-order valence-corrected chi connectivity index (χ1v) is 6.79. The molecule has 19 heavy (non-hydrogen) atoms. The highest BCUT2D eigenvalue weighted by molar-refractivity contribution is 5.68. The van der Waals surface area contributed by atoms with Gasteiger partial charge in [0.15, 0.2) is 0 Å². The maximum atomic E-state index is 12.1. The number of rotatable bonds is 2. The third kappa shape index (κ3) is 3.26. The highest BCUT2D eigenvalue weighted by atomic mass is 16.6. The van der Waals surface area contributed by atoms with Crippen molar-refractivity contribution in [2.45, 2.75) is 33.4 Å². The van der Waals surface area contributed by atoms with Crippen LogP contribution in [0, 0.1) is 13.8 Å². The molecule has 104 valence electrons. The predicted octanol–water partition coefficient (Wildman–Crippen LogP) is 2.23. The Bertz CT molecular complexity index is 459. The van der Waals surface area contributed by atoms with Crippen LogP contribution in [0.15, 0.2) is 18.2 Å². The molecule has 1 aliphatic rings. The van der Waals surface area contributed by atoms with Crippen molar-refractivity contribution < 1.29 is 9.53 Å². The number of carbonyl (C=O) groups is 1. The van der Waals surface area contributed by atoms with Crippen LogP contribution < -0.4 is 5.32 Å². The zero-order valence-corrected chi connectivity index (χ0v) is 11.9. The Morgan fingerprint density at radius 1 is 1.47 bits per heavy atom. The van der Waals surface area contributed by atoms with Gasteiger partial charge in [0.2, 0.25) is 0 Å². The van der Waals surface area contributed by atoms with Crippen molar-refractivity contribution >= 4 is 6.09 Å². The molecule has 1 amide bonds. The largest absolute Gasteiger partial charge is 0.445 e. The summed E-state index contributed by atoms with van der Waals surface area (Å²) in [5, 5.41) is 3.26. The number of ether oxygens (including phenoxy) is 1. The average molecular weight is 262 g/mol. The summed E-state index contributed by atoms with van der Waals surface area (Å²) in [6, 6.07) is 6.27. The molecule has 1 saturated heterocycles. The predicted molar refractivity (Wildman–Crippen MR) is 75.1 cm³/mol. The number of nitrogens with zero attached hydrogens (tertiary/aromatic N) is 1. The number of carbonyl (C=O) groups excluding carboxylic acids is 1. The Morgan fingerprint density at radius 2 is 2.26 bits per heavy atom. The summed E-state index contributed by atoms with van der Waals surface area (Å²) in [6.07, 6.45) is -0.213. The maximum Gasteiger partial charge on any atom is 0.410 e. The van der Waals surface area contributed by atoms with Crippen LogP contribution in [0.2, 0.25) is 0 Å². The number of nitrogens with one attached hydrogen (secondary N) is 1. The van der Waals surface area contributed by atoms with Gasteiger partial charge in [0.1, 0.15) is 6.61 Å². The monoisotopic (exact) mass is 262 g/mol. The molecule has 1 aromatic rings. The zero-order chi connectivity index (χ0) is 13.8. The van der Waals surface area contributed by atoms with Crippen molar-refractivity contribution in [3.8, 4) is 0 Å². The molecule has 1 unspecified atom stereocenters. The Hall–Kier alpha value is -1.55.